The van der Waals surface area contributed by atoms with Crippen molar-refractivity contribution in [3.05, 3.63) is 0 Å². The lowest BCUT2D eigenvalue weighted by Gasteiger charge is -2.74. The molecule has 3 aliphatic rings. The summed E-state index contributed by atoms with van der Waals surface area (Å²) >= 11 is 0. The average molecular weight is 253 g/mol. The zero-order chi connectivity index (χ0) is 13.7. The average Bonchev–Trinajstić information content (AvgIpc) is 1.94. The van der Waals surface area contributed by atoms with Gasteiger partial charge in [-0.15, -0.1) is 0 Å². The fraction of sp³-hybridized carbons (Fsp3) is 0.909. The number of nitrogens with two attached hydrogens (primary N) is 1. The molecule has 0 aromatic rings. The lowest BCUT2D eigenvalue weighted by Crippen LogP contribution is -2.75. The molecule has 0 spiro atoms. The maximum Gasteiger partial charge on any atom is 0.490 e. The van der Waals surface area contributed by atoms with Crippen molar-refractivity contribution >= 4 is 5.97 Å². The van der Waals surface area contributed by atoms with E-state index in [9.17, 15) is 13.2 Å². The Morgan fingerprint density at radius 1 is 1.18 bits per heavy atom. The number of hydrogen-bond acceptors (Lipinski definition) is 2. The molecular weight excluding hydrogens is 235 g/mol. The number of aliphatic carboxylic acids is 1. The van der Waals surface area contributed by atoms with Gasteiger partial charge >= 0.3 is 12.1 Å². The molecule has 0 aromatic heterocycles. The highest BCUT2D eigenvalue weighted by molar-refractivity contribution is 5.73. The topological polar surface area (TPSA) is 63.3 Å². The monoisotopic (exact) mass is 253 g/mol. The van der Waals surface area contributed by atoms with Gasteiger partial charge in [0.25, 0.3) is 0 Å². The van der Waals surface area contributed by atoms with E-state index in [1.54, 1.807) is 0 Å². The van der Waals surface area contributed by atoms with Crippen LogP contribution in [0, 0.1) is 10.8 Å². The molecule has 0 unspecified atom stereocenters. The van der Waals surface area contributed by atoms with Crippen LogP contribution in [0.1, 0.15) is 40.0 Å². The zero-order valence-corrected chi connectivity index (χ0v) is 10.2. The van der Waals surface area contributed by atoms with E-state index in [1.165, 1.54) is 19.3 Å². The van der Waals surface area contributed by atoms with Crippen molar-refractivity contribution in [3.8, 4) is 0 Å². The summed E-state index contributed by atoms with van der Waals surface area (Å²) in [5.74, 6) is -2.76. The molecule has 0 saturated heterocycles. The van der Waals surface area contributed by atoms with Crippen LogP contribution in [0.2, 0.25) is 0 Å². The molecule has 3 N–H and O–H groups in total. The first-order valence-electron chi connectivity index (χ1n) is 5.40. The lowest BCUT2D eigenvalue weighted by molar-refractivity contribution is -0.199. The Kier molecular flexibility index (Phi) is 3.03. The van der Waals surface area contributed by atoms with Crippen molar-refractivity contribution in [3.63, 3.8) is 0 Å². The normalized spacial score (nSPS) is 35.0. The van der Waals surface area contributed by atoms with Crippen LogP contribution >= 0.6 is 0 Å². The SMILES string of the molecule is CC(C)(C)C12CC(N)(C1)C2.O=C(O)C(F)(F)F. The van der Waals surface area contributed by atoms with Crippen LogP contribution in [-0.4, -0.2) is 22.8 Å². The predicted octanol–water partition coefficient (Wildman–Crippen LogP) is 2.55. The minimum absolute atomic E-state index is 0.285. The van der Waals surface area contributed by atoms with E-state index in [1.807, 2.05) is 0 Å². The second kappa shape index (κ2) is 3.60. The highest BCUT2D eigenvalue weighted by Gasteiger charge is 2.69. The van der Waals surface area contributed by atoms with Crippen molar-refractivity contribution in [2.45, 2.75) is 51.7 Å². The number of hydrogen-bond donors (Lipinski definition) is 2. The Balaban J connectivity index is 0.000000185. The van der Waals surface area contributed by atoms with E-state index in [0.29, 0.717) is 10.8 Å². The molecule has 0 heterocycles. The molecule has 0 radical (unpaired) electrons. The second-order valence-corrected chi connectivity index (χ2v) is 6.23. The van der Waals surface area contributed by atoms with Crippen molar-refractivity contribution in [1.82, 2.24) is 0 Å². The number of carboxylic acid groups (broad SMARTS) is 1. The molecule has 3 aliphatic carbocycles. The van der Waals surface area contributed by atoms with Crippen molar-refractivity contribution < 1.29 is 23.1 Å². The van der Waals surface area contributed by atoms with Crippen LogP contribution < -0.4 is 5.73 Å². The van der Waals surface area contributed by atoms with Gasteiger partial charge in [-0.1, -0.05) is 20.8 Å². The van der Waals surface area contributed by atoms with Crippen LogP contribution in [0.25, 0.3) is 0 Å². The molecule has 3 saturated carbocycles. The quantitative estimate of drug-likeness (QED) is 0.697. The van der Waals surface area contributed by atoms with E-state index in [2.05, 4.69) is 20.8 Å². The molecule has 17 heavy (non-hydrogen) atoms. The van der Waals surface area contributed by atoms with Crippen molar-refractivity contribution in [2.24, 2.45) is 16.6 Å². The summed E-state index contributed by atoms with van der Waals surface area (Å²) in [5.41, 5.74) is 7.39. The van der Waals surface area contributed by atoms with E-state index >= 15 is 0 Å². The van der Waals surface area contributed by atoms with Crippen molar-refractivity contribution in [1.29, 1.82) is 0 Å². The minimum Gasteiger partial charge on any atom is -0.475 e. The van der Waals surface area contributed by atoms with Crippen LogP contribution in [0.4, 0.5) is 13.2 Å². The van der Waals surface area contributed by atoms with E-state index in [0.717, 1.165) is 0 Å². The first-order valence-corrected chi connectivity index (χ1v) is 5.40. The summed E-state index contributed by atoms with van der Waals surface area (Å²) in [6.45, 7) is 7.02. The molecule has 0 atom stereocenters. The summed E-state index contributed by atoms with van der Waals surface area (Å²) in [7, 11) is 0. The molecule has 3 fully saturated rings. The molecule has 6 heteroatoms. The predicted molar refractivity (Wildman–Crippen MR) is 56.3 cm³/mol. The Labute approximate surface area is 98.2 Å². The standard InChI is InChI=1S/C9H17N.C2HF3O2/c1-7(2,3)8-4-9(10,5-8)6-8;3-2(4,5)1(6)7/h4-6,10H2,1-3H3;(H,6,7). The molecule has 3 nitrogen and oxygen atoms in total. The molecule has 0 amide bonds. The van der Waals surface area contributed by atoms with Crippen molar-refractivity contribution in [2.75, 3.05) is 0 Å². The third-order valence-electron chi connectivity index (χ3n) is 3.90. The maximum atomic E-state index is 10.6. The zero-order valence-electron chi connectivity index (χ0n) is 10.2. The Hall–Kier alpha value is -0.780. The summed E-state index contributed by atoms with van der Waals surface area (Å²) in [6, 6.07) is 0. The summed E-state index contributed by atoms with van der Waals surface area (Å²) < 4.78 is 31.7. The van der Waals surface area contributed by atoms with Gasteiger partial charge in [0.2, 0.25) is 0 Å². The van der Waals surface area contributed by atoms with Crippen LogP contribution in [0.15, 0.2) is 0 Å². The van der Waals surface area contributed by atoms with Gasteiger partial charge in [0.1, 0.15) is 0 Å². The first kappa shape index (κ1) is 14.3. The van der Waals surface area contributed by atoms with Gasteiger partial charge in [-0.25, -0.2) is 4.79 Å². The number of halogens is 3. The van der Waals surface area contributed by atoms with Crippen LogP contribution in [-0.2, 0) is 4.79 Å². The highest BCUT2D eigenvalue weighted by Crippen LogP contribution is 2.72. The van der Waals surface area contributed by atoms with Gasteiger partial charge in [-0.3, -0.25) is 0 Å². The minimum atomic E-state index is -5.08. The largest absolute Gasteiger partial charge is 0.490 e. The lowest BCUT2D eigenvalue weighted by atomic mass is 9.33. The van der Waals surface area contributed by atoms with Gasteiger partial charge in [0.05, 0.1) is 0 Å². The highest BCUT2D eigenvalue weighted by atomic mass is 19.4. The smallest absolute Gasteiger partial charge is 0.475 e. The Morgan fingerprint density at radius 2 is 1.47 bits per heavy atom. The van der Waals surface area contributed by atoms with E-state index in [-0.39, 0.29) is 5.54 Å². The van der Waals surface area contributed by atoms with Gasteiger partial charge in [0, 0.05) is 5.54 Å². The Bertz CT molecular complexity index is 311. The van der Waals surface area contributed by atoms with Gasteiger partial charge in [-0.2, -0.15) is 13.2 Å². The fourth-order valence-corrected chi connectivity index (χ4v) is 2.66. The second-order valence-electron chi connectivity index (χ2n) is 6.23. The third kappa shape index (κ3) is 2.56. The van der Waals surface area contributed by atoms with Gasteiger partial charge in [0.15, 0.2) is 0 Å². The number of carboxylic acids is 1. The third-order valence-corrected chi connectivity index (χ3v) is 3.90. The Morgan fingerprint density at radius 3 is 1.53 bits per heavy atom. The number of rotatable bonds is 0. The van der Waals surface area contributed by atoms with E-state index in [4.69, 9.17) is 15.6 Å². The molecule has 3 rings (SSSR count). The van der Waals surface area contributed by atoms with Crippen LogP contribution in [0.3, 0.4) is 0 Å². The summed E-state index contributed by atoms with van der Waals surface area (Å²) in [5, 5.41) is 7.12. The van der Waals surface area contributed by atoms with E-state index < -0.39 is 12.1 Å². The summed E-state index contributed by atoms with van der Waals surface area (Å²) in [4.78, 5) is 8.90. The molecule has 100 valence electrons. The molecule has 0 aromatic carbocycles. The molecule has 0 aliphatic heterocycles. The van der Waals surface area contributed by atoms with Gasteiger partial charge in [-0.05, 0) is 30.1 Å². The first-order chi connectivity index (χ1) is 7.31. The molecule has 2 bridgehead atoms. The van der Waals surface area contributed by atoms with Gasteiger partial charge < -0.3 is 10.8 Å². The molecular formula is C11H18F3NO2. The number of alkyl halides is 3. The summed E-state index contributed by atoms with van der Waals surface area (Å²) in [6.07, 6.45) is -1.24. The fourth-order valence-electron chi connectivity index (χ4n) is 2.66. The number of carbonyl (C=O) groups is 1. The maximum absolute atomic E-state index is 10.6. The van der Waals surface area contributed by atoms with Crippen LogP contribution in [0.5, 0.6) is 0 Å².